The highest BCUT2D eigenvalue weighted by Crippen LogP contribution is 2.35. The number of hydrogen-bond acceptors (Lipinski definition) is 2. The molecule has 1 unspecified atom stereocenters. The second-order valence-corrected chi connectivity index (χ2v) is 4.56. The van der Waals surface area contributed by atoms with E-state index in [2.05, 4.69) is 11.4 Å². The van der Waals surface area contributed by atoms with Crippen molar-refractivity contribution in [2.75, 3.05) is 6.54 Å². The van der Waals surface area contributed by atoms with Crippen molar-refractivity contribution in [1.29, 1.82) is 0 Å². The van der Waals surface area contributed by atoms with Gasteiger partial charge in [-0.05, 0) is 37.0 Å². The Kier molecular flexibility index (Phi) is 3.29. The van der Waals surface area contributed by atoms with E-state index in [1.54, 1.807) is 6.92 Å². The lowest BCUT2D eigenvalue weighted by Crippen LogP contribution is -2.27. The van der Waals surface area contributed by atoms with Gasteiger partial charge in [0, 0.05) is 17.6 Å². The standard InChI is InChI=1S/C12H16ClNO/c1-8(15)7-14-12-6-5-9-10(12)3-2-4-11(9)13/h2-4,8,12,14-15H,5-7H2,1H3/t8-,12?/m1/s1. The molecule has 0 spiro atoms. The van der Waals surface area contributed by atoms with E-state index in [9.17, 15) is 5.11 Å². The lowest BCUT2D eigenvalue weighted by Gasteiger charge is -2.15. The molecule has 2 nitrogen and oxygen atoms in total. The molecule has 0 bridgehead atoms. The van der Waals surface area contributed by atoms with Crippen molar-refractivity contribution in [2.45, 2.75) is 31.9 Å². The van der Waals surface area contributed by atoms with Crippen LogP contribution >= 0.6 is 11.6 Å². The Morgan fingerprint density at radius 3 is 3.13 bits per heavy atom. The summed E-state index contributed by atoms with van der Waals surface area (Å²) < 4.78 is 0. The minimum absolute atomic E-state index is 0.298. The molecule has 0 amide bonds. The monoisotopic (exact) mass is 225 g/mol. The lowest BCUT2D eigenvalue weighted by atomic mass is 10.1. The minimum atomic E-state index is -0.298. The van der Waals surface area contributed by atoms with Crippen LogP contribution in [-0.4, -0.2) is 17.8 Å². The zero-order valence-electron chi connectivity index (χ0n) is 8.83. The summed E-state index contributed by atoms with van der Waals surface area (Å²) in [7, 11) is 0. The van der Waals surface area contributed by atoms with Crippen LogP contribution in [0.3, 0.4) is 0 Å². The van der Waals surface area contributed by atoms with E-state index in [1.165, 1.54) is 11.1 Å². The van der Waals surface area contributed by atoms with Crippen LogP contribution in [0.5, 0.6) is 0 Å². The average Bonchev–Trinajstić information content (AvgIpc) is 2.59. The molecule has 0 saturated heterocycles. The smallest absolute Gasteiger partial charge is 0.0636 e. The van der Waals surface area contributed by atoms with Crippen molar-refractivity contribution >= 4 is 11.6 Å². The molecule has 0 heterocycles. The van der Waals surface area contributed by atoms with Crippen molar-refractivity contribution in [3.05, 3.63) is 34.3 Å². The first kappa shape index (κ1) is 10.9. The van der Waals surface area contributed by atoms with Crippen molar-refractivity contribution in [2.24, 2.45) is 0 Å². The minimum Gasteiger partial charge on any atom is -0.392 e. The zero-order valence-corrected chi connectivity index (χ0v) is 9.59. The summed E-state index contributed by atoms with van der Waals surface area (Å²) in [5.74, 6) is 0. The summed E-state index contributed by atoms with van der Waals surface area (Å²) in [4.78, 5) is 0. The van der Waals surface area contributed by atoms with E-state index >= 15 is 0 Å². The maximum Gasteiger partial charge on any atom is 0.0636 e. The van der Waals surface area contributed by atoms with E-state index in [0.717, 1.165) is 17.9 Å². The Morgan fingerprint density at radius 1 is 1.60 bits per heavy atom. The van der Waals surface area contributed by atoms with E-state index in [0.29, 0.717) is 12.6 Å². The summed E-state index contributed by atoms with van der Waals surface area (Å²) >= 11 is 6.12. The molecule has 0 saturated carbocycles. The lowest BCUT2D eigenvalue weighted by molar-refractivity contribution is 0.186. The molecule has 0 aromatic heterocycles. The van der Waals surface area contributed by atoms with Gasteiger partial charge in [-0.15, -0.1) is 0 Å². The third-order valence-electron chi connectivity index (χ3n) is 2.87. The van der Waals surface area contributed by atoms with Gasteiger partial charge in [-0.1, -0.05) is 23.7 Å². The van der Waals surface area contributed by atoms with Crippen LogP contribution in [-0.2, 0) is 6.42 Å². The first-order valence-corrected chi connectivity index (χ1v) is 5.75. The Hall–Kier alpha value is -0.570. The van der Waals surface area contributed by atoms with Gasteiger partial charge in [-0.2, -0.15) is 0 Å². The van der Waals surface area contributed by atoms with Gasteiger partial charge in [0.1, 0.15) is 0 Å². The fraction of sp³-hybridized carbons (Fsp3) is 0.500. The molecule has 1 aromatic rings. The Morgan fingerprint density at radius 2 is 2.40 bits per heavy atom. The number of rotatable bonds is 3. The second kappa shape index (κ2) is 4.52. The summed E-state index contributed by atoms with van der Waals surface area (Å²) in [6.07, 6.45) is 1.81. The maximum absolute atomic E-state index is 9.23. The van der Waals surface area contributed by atoms with E-state index in [-0.39, 0.29) is 6.10 Å². The highest BCUT2D eigenvalue weighted by Gasteiger charge is 2.23. The molecule has 0 radical (unpaired) electrons. The molecule has 15 heavy (non-hydrogen) atoms. The van der Waals surface area contributed by atoms with Crippen molar-refractivity contribution in [3.63, 3.8) is 0 Å². The van der Waals surface area contributed by atoms with Crippen LogP contribution in [0.25, 0.3) is 0 Å². The summed E-state index contributed by atoms with van der Waals surface area (Å²) in [5, 5.41) is 13.5. The molecule has 1 aliphatic carbocycles. The van der Waals surface area contributed by atoms with E-state index in [1.807, 2.05) is 12.1 Å². The summed E-state index contributed by atoms with van der Waals surface area (Å²) in [6, 6.07) is 6.41. The SMILES string of the molecule is C[C@@H](O)CNC1CCc2c(Cl)cccc21. The number of aliphatic hydroxyl groups excluding tert-OH is 1. The first-order chi connectivity index (χ1) is 7.18. The van der Waals surface area contributed by atoms with Crippen molar-refractivity contribution in [1.82, 2.24) is 5.32 Å². The van der Waals surface area contributed by atoms with Gasteiger partial charge in [-0.25, -0.2) is 0 Å². The molecule has 2 atom stereocenters. The normalized spacial score (nSPS) is 21.4. The predicted octanol–water partition coefficient (Wildman–Crippen LogP) is 2.30. The predicted molar refractivity (Wildman–Crippen MR) is 62.2 cm³/mol. The highest BCUT2D eigenvalue weighted by atomic mass is 35.5. The number of nitrogens with one attached hydrogen (secondary N) is 1. The van der Waals surface area contributed by atoms with Gasteiger partial charge in [0.05, 0.1) is 6.10 Å². The Labute approximate surface area is 95.3 Å². The van der Waals surface area contributed by atoms with Crippen LogP contribution in [0.2, 0.25) is 5.02 Å². The molecule has 1 aliphatic rings. The number of hydrogen-bond donors (Lipinski definition) is 2. The van der Waals surface area contributed by atoms with Gasteiger partial charge in [0.25, 0.3) is 0 Å². The largest absolute Gasteiger partial charge is 0.392 e. The molecule has 0 aliphatic heterocycles. The number of fused-ring (bicyclic) bond motifs is 1. The van der Waals surface area contributed by atoms with Crippen LogP contribution < -0.4 is 5.32 Å². The maximum atomic E-state index is 9.23. The third-order valence-corrected chi connectivity index (χ3v) is 3.23. The molecule has 0 fully saturated rings. The number of benzene rings is 1. The molecule has 2 N–H and O–H groups in total. The summed E-state index contributed by atoms with van der Waals surface area (Å²) in [6.45, 7) is 2.43. The van der Waals surface area contributed by atoms with Crippen LogP contribution in [0, 0.1) is 0 Å². The van der Waals surface area contributed by atoms with Crippen molar-refractivity contribution in [3.8, 4) is 0 Å². The highest BCUT2D eigenvalue weighted by molar-refractivity contribution is 6.31. The van der Waals surface area contributed by atoms with E-state index < -0.39 is 0 Å². The fourth-order valence-corrected chi connectivity index (χ4v) is 2.41. The molecular weight excluding hydrogens is 210 g/mol. The first-order valence-electron chi connectivity index (χ1n) is 5.37. The molecular formula is C12H16ClNO. The van der Waals surface area contributed by atoms with Crippen LogP contribution in [0.4, 0.5) is 0 Å². The van der Waals surface area contributed by atoms with Crippen LogP contribution in [0.15, 0.2) is 18.2 Å². The van der Waals surface area contributed by atoms with Gasteiger partial charge in [0.2, 0.25) is 0 Å². The van der Waals surface area contributed by atoms with Crippen molar-refractivity contribution < 1.29 is 5.11 Å². The number of aliphatic hydroxyl groups is 1. The fourth-order valence-electron chi connectivity index (χ4n) is 2.13. The Bertz CT molecular complexity index is 351. The average molecular weight is 226 g/mol. The molecule has 3 heteroatoms. The van der Waals surface area contributed by atoms with Gasteiger partial charge < -0.3 is 10.4 Å². The van der Waals surface area contributed by atoms with E-state index in [4.69, 9.17) is 11.6 Å². The van der Waals surface area contributed by atoms with Gasteiger partial charge in [-0.3, -0.25) is 0 Å². The third kappa shape index (κ3) is 2.33. The second-order valence-electron chi connectivity index (χ2n) is 4.16. The van der Waals surface area contributed by atoms with Crippen LogP contribution in [0.1, 0.15) is 30.5 Å². The molecule has 1 aromatic carbocycles. The quantitative estimate of drug-likeness (QED) is 0.828. The number of halogens is 1. The van der Waals surface area contributed by atoms with Gasteiger partial charge in [0.15, 0.2) is 0 Å². The molecule has 2 rings (SSSR count). The Balaban J connectivity index is 2.11. The zero-order chi connectivity index (χ0) is 10.8. The summed E-state index contributed by atoms with van der Waals surface area (Å²) in [5.41, 5.74) is 2.56. The topological polar surface area (TPSA) is 32.3 Å². The molecule has 82 valence electrons. The van der Waals surface area contributed by atoms with Gasteiger partial charge >= 0.3 is 0 Å².